The molecule has 0 aliphatic heterocycles. The van der Waals surface area contributed by atoms with Gasteiger partial charge in [-0.3, -0.25) is 9.69 Å². The SMILES string of the molecule is C=CC(=O)OCCC(=O)C1=CC(F)=C(F)C(F)(N(C)Cc2ccccc2)C1F. The predicted molar refractivity (Wildman–Crippen MR) is 94.7 cm³/mol. The van der Waals surface area contributed by atoms with Gasteiger partial charge in [0.25, 0.3) is 5.79 Å². The van der Waals surface area contributed by atoms with Crippen LogP contribution in [0.1, 0.15) is 12.0 Å². The Kier molecular flexibility index (Phi) is 6.90. The number of hydrogen-bond donors (Lipinski definition) is 0. The van der Waals surface area contributed by atoms with Crippen LogP contribution in [0, 0.1) is 0 Å². The Hall–Kier alpha value is -2.74. The van der Waals surface area contributed by atoms with Gasteiger partial charge in [-0.15, -0.1) is 0 Å². The third kappa shape index (κ3) is 4.39. The van der Waals surface area contributed by atoms with Gasteiger partial charge in [0.1, 0.15) is 0 Å². The monoisotopic (exact) mass is 397 g/mol. The fourth-order valence-corrected chi connectivity index (χ4v) is 2.76. The Morgan fingerprint density at radius 2 is 1.93 bits per heavy atom. The number of hydrogen-bond acceptors (Lipinski definition) is 4. The zero-order chi connectivity index (χ0) is 20.9. The summed E-state index contributed by atoms with van der Waals surface area (Å²) in [5.41, 5.74) is -0.322. The molecule has 1 aliphatic carbocycles. The molecule has 0 N–H and O–H groups in total. The van der Waals surface area contributed by atoms with Crippen molar-refractivity contribution in [3.05, 3.63) is 71.9 Å². The summed E-state index contributed by atoms with van der Waals surface area (Å²) in [6, 6.07) is 8.27. The second-order valence-electron chi connectivity index (χ2n) is 6.18. The topological polar surface area (TPSA) is 46.6 Å². The maximum atomic E-state index is 15.4. The van der Waals surface area contributed by atoms with E-state index in [1.165, 1.54) is 0 Å². The van der Waals surface area contributed by atoms with Crippen molar-refractivity contribution in [1.29, 1.82) is 0 Å². The van der Waals surface area contributed by atoms with Crippen LogP contribution >= 0.6 is 0 Å². The number of allylic oxidation sites excluding steroid dienone is 2. The predicted octanol–water partition coefficient (Wildman–Crippen LogP) is 3.90. The highest BCUT2D eigenvalue weighted by Crippen LogP contribution is 2.43. The molecule has 0 saturated heterocycles. The molecule has 1 aromatic rings. The highest BCUT2D eigenvalue weighted by atomic mass is 19.2. The zero-order valence-electron chi connectivity index (χ0n) is 15.1. The van der Waals surface area contributed by atoms with E-state index in [2.05, 4.69) is 11.3 Å². The maximum Gasteiger partial charge on any atom is 0.330 e. The van der Waals surface area contributed by atoms with Crippen molar-refractivity contribution in [3.8, 4) is 0 Å². The Labute approximate surface area is 159 Å². The molecule has 2 atom stereocenters. The first-order valence-corrected chi connectivity index (χ1v) is 8.39. The van der Waals surface area contributed by atoms with Crippen molar-refractivity contribution < 1.29 is 31.9 Å². The molecule has 0 saturated carbocycles. The molecule has 0 bridgehead atoms. The standard InChI is InChI=1S/C20H19F4NO3/c1-3-17(27)28-10-9-16(26)14-11-15(21)19(23)20(24,18(14)22)25(2)12-13-7-5-4-6-8-13/h3-8,11,18H,1,9-10,12H2,2H3. The largest absolute Gasteiger partial charge is 0.462 e. The molecular formula is C20H19F4NO3. The number of Topliss-reactive ketones (excluding diaryl/α,β-unsaturated/α-hetero) is 1. The summed E-state index contributed by atoms with van der Waals surface area (Å²) in [6.07, 6.45) is -2.07. The summed E-state index contributed by atoms with van der Waals surface area (Å²) in [7, 11) is 1.09. The van der Waals surface area contributed by atoms with Gasteiger partial charge in [-0.2, -0.15) is 0 Å². The second-order valence-corrected chi connectivity index (χ2v) is 6.18. The minimum Gasteiger partial charge on any atom is -0.462 e. The molecule has 8 heteroatoms. The number of halogens is 4. The molecule has 28 heavy (non-hydrogen) atoms. The van der Waals surface area contributed by atoms with Gasteiger partial charge in [0.15, 0.2) is 23.6 Å². The Morgan fingerprint density at radius 3 is 2.54 bits per heavy atom. The summed E-state index contributed by atoms with van der Waals surface area (Å²) < 4.78 is 63.2. The number of carbonyl (C=O) groups is 2. The van der Waals surface area contributed by atoms with E-state index in [0.717, 1.165) is 13.1 Å². The molecule has 4 nitrogen and oxygen atoms in total. The van der Waals surface area contributed by atoms with Crippen LogP contribution in [-0.4, -0.2) is 42.3 Å². The van der Waals surface area contributed by atoms with Crippen LogP contribution in [0.3, 0.4) is 0 Å². The fourth-order valence-electron chi connectivity index (χ4n) is 2.76. The summed E-state index contributed by atoms with van der Waals surface area (Å²) in [4.78, 5) is 23.8. The summed E-state index contributed by atoms with van der Waals surface area (Å²) in [5, 5.41) is 0. The maximum absolute atomic E-state index is 15.4. The van der Waals surface area contributed by atoms with Crippen LogP contribution in [-0.2, 0) is 20.9 Å². The summed E-state index contributed by atoms with van der Waals surface area (Å²) >= 11 is 0. The highest BCUT2D eigenvalue weighted by Gasteiger charge is 2.54. The minimum absolute atomic E-state index is 0.225. The van der Waals surface area contributed by atoms with Crippen LogP contribution < -0.4 is 0 Å². The van der Waals surface area contributed by atoms with Crippen molar-refractivity contribution in [3.63, 3.8) is 0 Å². The average molecular weight is 397 g/mol. The molecule has 0 fully saturated rings. The first kappa shape index (κ1) is 21.6. The number of benzene rings is 1. The van der Waals surface area contributed by atoms with Gasteiger partial charge in [0.2, 0.25) is 0 Å². The van der Waals surface area contributed by atoms with Crippen molar-refractivity contribution >= 4 is 11.8 Å². The lowest BCUT2D eigenvalue weighted by Crippen LogP contribution is -2.53. The summed E-state index contributed by atoms with van der Waals surface area (Å²) in [6.45, 7) is 2.51. The number of carbonyl (C=O) groups excluding carboxylic acids is 2. The molecule has 0 amide bonds. The van der Waals surface area contributed by atoms with Gasteiger partial charge in [-0.05, 0) is 18.7 Å². The smallest absolute Gasteiger partial charge is 0.330 e. The van der Waals surface area contributed by atoms with Gasteiger partial charge in [0.05, 0.1) is 6.61 Å². The molecule has 150 valence electrons. The van der Waals surface area contributed by atoms with E-state index in [1.807, 2.05) is 0 Å². The van der Waals surface area contributed by atoms with Crippen LogP contribution in [0.2, 0.25) is 0 Å². The lowest BCUT2D eigenvalue weighted by molar-refractivity contribution is -0.138. The van der Waals surface area contributed by atoms with Crippen LogP contribution in [0.15, 0.2) is 66.3 Å². The molecule has 2 unspecified atom stereocenters. The normalized spacial score (nSPS) is 22.1. The van der Waals surface area contributed by atoms with E-state index in [-0.39, 0.29) is 6.54 Å². The number of likely N-dealkylation sites (N-methyl/N-ethyl adjacent to an activating group) is 1. The van der Waals surface area contributed by atoms with Gasteiger partial charge in [-0.25, -0.2) is 22.4 Å². The number of nitrogens with zero attached hydrogens (tertiary/aromatic N) is 1. The molecular weight excluding hydrogens is 378 g/mol. The number of alkyl halides is 2. The average Bonchev–Trinajstić information content (AvgIpc) is 2.69. The van der Waals surface area contributed by atoms with Gasteiger partial charge >= 0.3 is 5.97 Å². The number of ketones is 1. The van der Waals surface area contributed by atoms with Crippen LogP contribution in [0.5, 0.6) is 0 Å². The first-order valence-electron chi connectivity index (χ1n) is 8.39. The quantitative estimate of drug-likeness (QED) is 0.289. The van der Waals surface area contributed by atoms with Crippen molar-refractivity contribution in [2.24, 2.45) is 0 Å². The highest BCUT2D eigenvalue weighted by molar-refractivity contribution is 5.97. The number of ether oxygens (including phenoxy) is 1. The van der Waals surface area contributed by atoms with Crippen molar-refractivity contribution in [2.75, 3.05) is 13.7 Å². The van der Waals surface area contributed by atoms with Crippen molar-refractivity contribution in [2.45, 2.75) is 24.9 Å². The fraction of sp³-hybridized carbons (Fsp3) is 0.300. The van der Waals surface area contributed by atoms with E-state index in [9.17, 15) is 22.8 Å². The second kappa shape index (κ2) is 8.97. The Bertz CT molecular complexity index is 822. The Morgan fingerprint density at radius 1 is 1.29 bits per heavy atom. The van der Waals surface area contributed by atoms with E-state index in [0.29, 0.717) is 16.5 Å². The van der Waals surface area contributed by atoms with Gasteiger partial charge in [-0.1, -0.05) is 36.9 Å². The van der Waals surface area contributed by atoms with Crippen LogP contribution in [0.25, 0.3) is 0 Å². The third-order valence-electron chi connectivity index (χ3n) is 4.29. The lowest BCUT2D eigenvalue weighted by Gasteiger charge is -2.38. The lowest BCUT2D eigenvalue weighted by atomic mass is 9.89. The number of rotatable bonds is 8. The van der Waals surface area contributed by atoms with Gasteiger partial charge < -0.3 is 4.74 Å². The molecule has 0 heterocycles. The molecule has 0 aromatic heterocycles. The molecule has 1 aromatic carbocycles. The molecule has 1 aliphatic rings. The summed E-state index contributed by atoms with van der Waals surface area (Å²) in [5.74, 6) is -8.89. The van der Waals surface area contributed by atoms with E-state index < -0.39 is 54.0 Å². The number of esters is 1. The van der Waals surface area contributed by atoms with E-state index in [4.69, 9.17) is 0 Å². The minimum atomic E-state index is -3.49. The molecule has 0 radical (unpaired) electrons. The first-order chi connectivity index (χ1) is 13.2. The van der Waals surface area contributed by atoms with E-state index >= 15 is 4.39 Å². The zero-order valence-corrected chi connectivity index (χ0v) is 15.1. The van der Waals surface area contributed by atoms with E-state index in [1.54, 1.807) is 30.3 Å². The van der Waals surface area contributed by atoms with Crippen molar-refractivity contribution in [1.82, 2.24) is 4.90 Å². The Balaban J connectivity index is 2.22. The van der Waals surface area contributed by atoms with Gasteiger partial charge in [0, 0.05) is 24.6 Å². The molecule has 0 spiro atoms. The third-order valence-corrected chi connectivity index (χ3v) is 4.29. The van der Waals surface area contributed by atoms with Crippen LogP contribution in [0.4, 0.5) is 17.6 Å². The molecule has 2 rings (SSSR count).